The van der Waals surface area contributed by atoms with Gasteiger partial charge < -0.3 is 0 Å². The van der Waals surface area contributed by atoms with Crippen LogP contribution < -0.4 is 14.5 Å². The number of rotatable bonds is 11. The number of carbonyl (C=O) groups excluding carboxylic acids is 1. The van der Waals surface area contributed by atoms with Gasteiger partial charge in [0.15, 0.2) is 0 Å². The number of carbonyl (C=O) groups is 1. The molecule has 1 amide bonds. The van der Waals surface area contributed by atoms with Gasteiger partial charge in [-0.2, -0.15) is 0 Å². The number of halogens is 2. The maximum Gasteiger partial charge on any atom is -0.147 e. The molecule has 0 saturated carbocycles. The van der Waals surface area contributed by atoms with E-state index >= 15 is 0 Å². The summed E-state index contributed by atoms with van der Waals surface area (Å²) in [5.41, 5.74) is 9.31. The van der Waals surface area contributed by atoms with Crippen molar-refractivity contribution in [3.05, 3.63) is 88.5 Å². The SMILES string of the molecule is CON(C)C(=O)C(C)Oc1ccccc1[CH]=[Ru]=[C]1N(c2c(C(C)C)cccc2C(C)C)CCN1c1c(C(C)C)cccc1C(C)C.Cl.Cl. The minimum absolute atomic E-state index is 0. The molecule has 4 rings (SSSR count). The second-order valence-corrected chi connectivity index (χ2v) is 15.1. The van der Waals surface area contributed by atoms with Crippen LogP contribution in [-0.4, -0.2) is 53.3 Å². The van der Waals surface area contributed by atoms with Crippen molar-refractivity contribution in [1.82, 2.24) is 5.06 Å². The smallest absolute Gasteiger partial charge is 0.147 e. The van der Waals surface area contributed by atoms with E-state index in [1.165, 1.54) is 50.2 Å². The van der Waals surface area contributed by atoms with Gasteiger partial charge >= 0.3 is 285 Å². The molecule has 6 nitrogen and oxygen atoms in total. The molecule has 9 heteroatoms. The van der Waals surface area contributed by atoms with E-state index in [1.54, 1.807) is 14.0 Å². The molecule has 1 atom stereocenters. The van der Waals surface area contributed by atoms with Crippen LogP contribution >= 0.6 is 24.8 Å². The van der Waals surface area contributed by atoms with Crippen LogP contribution in [0.15, 0.2) is 60.7 Å². The first-order valence-corrected chi connectivity index (χ1v) is 18.4. The Morgan fingerprint density at radius 2 is 1.12 bits per heavy atom. The van der Waals surface area contributed by atoms with Crippen molar-refractivity contribution < 1.29 is 30.6 Å². The van der Waals surface area contributed by atoms with Gasteiger partial charge in [-0.15, -0.1) is 24.8 Å². The van der Waals surface area contributed by atoms with E-state index in [4.69, 9.17) is 9.57 Å². The summed E-state index contributed by atoms with van der Waals surface area (Å²) in [4.78, 5) is 23.1. The molecule has 1 saturated heterocycles. The molecule has 1 heterocycles. The Kier molecular flexibility index (Phi) is 16.0. The normalized spacial score (nSPS) is 13.6. The third-order valence-corrected chi connectivity index (χ3v) is 10.8. The van der Waals surface area contributed by atoms with E-state index < -0.39 is 22.3 Å². The molecule has 0 spiro atoms. The molecular formula is C39H55Cl2N3O3Ru. The molecule has 1 fully saturated rings. The van der Waals surface area contributed by atoms with Crippen LogP contribution in [-0.2, 0) is 25.9 Å². The van der Waals surface area contributed by atoms with Crippen LogP contribution in [0.4, 0.5) is 11.4 Å². The number of likely N-dealkylation sites (N-methyl/N-ethyl adjacent to an activating group) is 1. The number of ether oxygens (including phenoxy) is 1. The zero-order valence-electron chi connectivity index (χ0n) is 30.4. The maximum absolute atomic E-state index is 12.8. The topological polar surface area (TPSA) is 45.2 Å². The van der Waals surface area contributed by atoms with Gasteiger partial charge in [0.2, 0.25) is 0 Å². The summed E-state index contributed by atoms with van der Waals surface area (Å²) in [5, 5.41) is 1.21. The number of anilines is 2. The Hall–Kier alpha value is -2.57. The minimum Gasteiger partial charge on any atom is -0.147 e. The fourth-order valence-electron chi connectivity index (χ4n) is 6.04. The zero-order valence-corrected chi connectivity index (χ0v) is 33.8. The van der Waals surface area contributed by atoms with Crippen molar-refractivity contribution >= 4 is 51.1 Å². The molecule has 48 heavy (non-hydrogen) atoms. The molecule has 1 aliphatic heterocycles. The number of para-hydroxylation sites is 3. The number of nitrogens with zero attached hydrogens (tertiary/aromatic N) is 3. The van der Waals surface area contributed by atoms with Crippen molar-refractivity contribution in [2.24, 2.45) is 0 Å². The maximum atomic E-state index is 12.8. The van der Waals surface area contributed by atoms with Crippen LogP contribution in [0, 0.1) is 0 Å². The van der Waals surface area contributed by atoms with Crippen LogP contribution in [0.1, 0.15) is 114 Å². The standard InChI is InChI=1S/C27H38N2.C12H15NO3.2ClH.Ru/c1-18(2)22-11-9-12-23(19(3)4)26(22)28-15-16-29(17-28)27-24(20(5)6)13-10-14-25(27)21(7)8;1-9-7-5-6-8-11(9)16-10(2)12(14)13(3)15-4;;;/h9-14,18-21H,15-16H2,1-8H3;1,5-8,10H,2-4H3;2*1H;. The van der Waals surface area contributed by atoms with E-state index in [-0.39, 0.29) is 30.7 Å². The van der Waals surface area contributed by atoms with E-state index in [1.807, 2.05) is 18.2 Å². The first-order chi connectivity index (χ1) is 21.9. The predicted octanol–water partition coefficient (Wildman–Crippen LogP) is 9.16. The Balaban J connectivity index is 0.00000400. The zero-order chi connectivity index (χ0) is 33.7. The fourth-order valence-corrected chi connectivity index (χ4v) is 8.27. The molecule has 0 bridgehead atoms. The summed E-state index contributed by atoms with van der Waals surface area (Å²) in [6.45, 7) is 22.1. The molecule has 3 aromatic rings. The van der Waals surface area contributed by atoms with Crippen molar-refractivity contribution in [2.75, 3.05) is 37.0 Å². The van der Waals surface area contributed by atoms with E-state index in [2.05, 4.69) is 112 Å². The van der Waals surface area contributed by atoms with Crippen molar-refractivity contribution in [3.8, 4) is 5.75 Å². The van der Waals surface area contributed by atoms with Gasteiger partial charge in [0.25, 0.3) is 0 Å². The summed E-state index contributed by atoms with van der Waals surface area (Å²) in [7, 11) is 3.09. The van der Waals surface area contributed by atoms with Crippen molar-refractivity contribution in [1.29, 1.82) is 0 Å². The fraction of sp³-hybridized carbons (Fsp3) is 0.462. The molecular weight excluding hydrogens is 730 g/mol. The third-order valence-electron chi connectivity index (χ3n) is 8.61. The number of hydrogen-bond acceptors (Lipinski definition) is 5. The van der Waals surface area contributed by atoms with Crippen LogP contribution in [0.2, 0.25) is 0 Å². The summed E-state index contributed by atoms with van der Waals surface area (Å²) in [6, 6.07) is 21.7. The number of benzene rings is 3. The van der Waals surface area contributed by atoms with Gasteiger partial charge in [-0.3, -0.25) is 0 Å². The summed E-state index contributed by atoms with van der Waals surface area (Å²) < 4.78 is 9.95. The number of hydroxylamine groups is 2. The summed E-state index contributed by atoms with van der Waals surface area (Å²) >= 11 is -0.405. The van der Waals surface area contributed by atoms with Crippen molar-refractivity contribution in [3.63, 3.8) is 0 Å². The van der Waals surface area contributed by atoms with E-state index in [0.29, 0.717) is 29.4 Å². The number of hydrogen-bond donors (Lipinski definition) is 0. The average molecular weight is 786 g/mol. The molecule has 1 aliphatic rings. The Morgan fingerprint density at radius 3 is 1.52 bits per heavy atom. The molecule has 0 aromatic heterocycles. The second kappa shape index (κ2) is 18.4. The summed E-state index contributed by atoms with van der Waals surface area (Å²) in [5.74, 6) is 2.07. The largest absolute Gasteiger partial charge is 0.147 e. The first-order valence-electron chi connectivity index (χ1n) is 16.6. The average Bonchev–Trinajstić information content (AvgIpc) is 3.45. The van der Waals surface area contributed by atoms with E-state index in [9.17, 15) is 4.79 Å². The van der Waals surface area contributed by atoms with Gasteiger partial charge in [-0.05, 0) is 0 Å². The van der Waals surface area contributed by atoms with Crippen molar-refractivity contribution in [2.45, 2.75) is 92.1 Å². The van der Waals surface area contributed by atoms with Gasteiger partial charge in [-0.25, -0.2) is 0 Å². The Morgan fingerprint density at radius 1 is 0.708 bits per heavy atom. The van der Waals surface area contributed by atoms with Crippen LogP contribution in [0.5, 0.6) is 5.75 Å². The minimum atomic E-state index is -0.680. The molecule has 3 aromatic carbocycles. The molecule has 266 valence electrons. The second-order valence-electron chi connectivity index (χ2n) is 13.3. The Labute approximate surface area is 308 Å². The summed E-state index contributed by atoms with van der Waals surface area (Å²) in [6.07, 6.45) is -0.680. The molecule has 0 N–H and O–H groups in total. The third kappa shape index (κ3) is 9.15. The van der Waals surface area contributed by atoms with E-state index in [0.717, 1.165) is 18.7 Å². The van der Waals surface area contributed by atoms with Gasteiger partial charge in [0.1, 0.15) is 0 Å². The predicted molar refractivity (Wildman–Crippen MR) is 205 cm³/mol. The first kappa shape index (κ1) is 41.6. The molecule has 1 unspecified atom stereocenters. The molecule has 0 aliphatic carbocycles. The quantitative estimate of drug-likeness (QED) is 0.143. The molecule has 0 radical (unpaired) electrons. The van der Waals surface area contributed by atoms with Gasteiger partial charge in [0.05, 0.1) is 0 Å². The Bertz CT molecular complexity index is 1480. The number of amides is 1. The van der Waals surface area contributed by atoms with Crippen LogP contribution in [0.25, 0.3) is 0 Å². The van der Waals surface area contributed by atoms with Gasteiger partial charge in [-0.1, -0.05) is 0 Å². The van der Waals surface area contributed by atoms with Crippen LogP contribution in [0.3, 0.4) is 0 Å². The monoisotopic (exact) mass is 785 g/mol. The van der Waals surface area contributed by atoms with Gasteiger partial charge in [0, 0.05) is 0 Å².